The lowest BCUT2D eigenvalue weighted by atomic mass is 10.1. The summed E-state index contributed by atoms with van der Waals surface area (Å²) in [5.41, 5.74) is 0.633. The molecule has 0 unspecified atom stereocenters. The second-order valence-electron chi connectivity index (χ2n) is 3.18. The molecule has 15 heavy (non-hydrogen) atoms. The van der Waals surface area contributed by atoms with Gasteiger partial charge in [0.15, 0.2) is 11.9 Å². The van der Waals surface area contributed by atoms with E-state index in [4.69, 9.17) is 16.3 Å². The van der Waals surface area contributed by atoms with Gasteiger partial charge in [0, 0.05) is 5.56 Å². The quantitative estimate of drug-likeness (QED) is 0.724. The van der Waals surface area contributed by atoms with Gasteiger partial charge in [-0.3, -0.25) is 4.79 Å². The average molecular weight is 227 g/mol. The highest BCUT2D eigenvalue weighted by Crippen LogP contribution is 2.26. The van der Waals surface area contributed by atoms with E-state index in [0.717, 1.165) is 0 Å². The zero-order chi connectivity index (χ0) is 10.8. The fourth-order valence-electron chi connectivity index (χ4n) is 1.37. The molecule has 4 heteroatoms. The normalized spacial score (nSPS) is 18.1. The van der Waals surface area contributed by atoms with Gasteiger partial charge in [0.1, 0.15) is 11.6 Å². The monoisotopic (exact) mass is 226 g/mol. The molecule has 1 atom stereocenters. The number of hydrogen-bond acceptors (Lipinski definition) is 2. The average Bonchev–Trinajstić information content (AvgIpc) is 2.27. The van der Waals surface area contributed by atoms with Crippen LogP contribution in [0.2, 0.25) is 0 Å². The van der Waals surface area contributed by atoms with Gasteiger partial charge in [-0.15, -0.1) is 11.6 Å². The fourth-order valence-corrected chi connectivity index (χ4v) is 1.53. The van der Waals surface area contributed by atoms with Crippen LogP contribution in [0.3, 0.4) is 0 Å². The largest absolute Gasteiger partial charge is 0.478 e. The lowest BCUT2D eigenvalue weighted by Crippen LogP contribution is -2.28. The molecule has 1 aromatic carbocycles. The highest BCUT2D eigenvalue weighted by molar-refractivity contribution is 6.28. The summed E-state index contributed by atoms with van der Waals surface area (Å²) in [4.78, 5) is 11.3. The molecule has 0 radical (unpaired) electrons. The second kappa shape index (κ2) is 4.03. The van der Waals surface area contributed by atoms with Gasteiger partial charge in [0.2, 0.25) is 0 Å². The third kappa shape index (κ3) is 2.02. The Labute approximate surface area is 91.3 Å². The van der Waals surface area contributed by atoms with Crippen LogP contribution in [0.25, 0.3) is 6.08 Å². The van der Waals surface area contributed by atoms with Crippen LogP contribution in [0.5, 0.6) is 5.75 Å². The van der Waals surface area contributed by atoms with Crippen molar-refractivity contribution < 1.29 is 13.9 Å². The first-order valence-electron chi connectivity index (χ1n) is 4.44. The third-order valence-electron chi connectivity index (χ3n) is 2.13. The zero-order valence-corrected chi connectivity index (χ0v) is 8.50. The molecule has 0 aromatic heterocycles. The van der Waals surface area contributed by atoms with E-state index < -0.39 is 6.10 Å². The third-order valence-corrected chi connectivity index (χ3v) is 2.39. The molecule has 0 aliphatic carbocycles. The number of benzene rings is 1. The topological polar surface area (TPSA) is 26.3 Å². The Balaban J connectivity index is 2.28. The van der Waals surface area contributed by atoms with Gasteiger partial charge in [-0.25, -0.2) is 4.39 Å². The molecule has 0 N–H and O–H groups in total. The first-order valence-corrected chi connectivity index (χ1v) is 4.97. The number of halogens is 2. The van der Waals surface area contributed by atoms with E-state index in [1.165, 1.54) is 18.2 Å². The lowest BCUT2D eigenvalue weighted by Gasteiger charge is -2.19. The minimum absolute atomic E-state index is 0.0917. The maximum atomic E-state index is 12.8. The highest BCUT2D eigenvalue weighted by Gasteiger charge is 2.20. The Bertz CT molecular complexity index is 429. The highest BCUT2D eigenvalue weighted by atomic mass is 35.5. The molecule has 78 valence electrons. The summed E-state index contributed by atoms with van der Waals surface area (Å²) < 4.78 is 18.2. The minimum Gasteiger partial charge on any atom is -0.478 e. The summed E-state index contributed by atoms with van der Waals surface area (Å²) >= 11 is 5.41. The van der Waals surface area contributed by atoms with E-state index in [9.17, 15) is 9.18 Å². The van der Waals surface area contributed by atoms with Gasteiger partial charge in [0.05, 0.1) is 5.88 Å². The van der Waals surface area contributed by atoms with Crippen molar-refractivity contribution >= 4 is 23.5 Å². The maximum Gasteiger partial charge on any atom is 0.191 e. The Morgan fingerprint density at radius 1 is 1.53 bits per heavy atom. The summed E-state index contributed by atoms with van der Waals surface area (Å²) in [6.07, 6.45) is 2.59. The van der Waals surface area contributed by atoms with Crippen LogP contribution >= 0.6 is 11.6 Å². The standard InChI is InChI=1S/C11H8ClFO2/c12-6-9(14)11-3-1-7-5-8(13)2-4-10(7)15-11/h1-5,11H,6H2/t11-/m1/s1. The molecular weight excluding hydrogens is 219 g/mol. The van der Waals surface area contributed by atoms with E-state index in [2.05, 4.69) is 0 Å². The van der Waals surface area contributed by atoms with Gasteiger partial charge < -0.3 is 4.74 Å². The van der Waals surface area contributed by atoms with Crippen molar-refractivity contribution in [1.29, 1.82) is 0 Å². The molecule has 2 rings (SSSR count). The van der Waals surface area contributed by atoms with Crippen LogP contribution in [0, 0.1) is 5.82 Å². The molecule has 0 fully saturated rings. The molecule has 1 aliphatic rings. The number of carbonyl (C=O) groups excluding carboxylic acids is 1. The number of ether oxygens (including phenoxy) is 1. The molecule has 0 saturated carbocycles. The summed E-state index contributed by atoms with van der Waals surface area (Å²) in [6, 6.07) is 4.15. The number of rotatable bonds is 2. The van der Waals surface area contributed by atoms with E-state index in [1.54, 1.807) is 12.2 Å². The van der Waals surface area contributed by atoms with Gasteiger partial charge in [-0.2, -0.15) is 0 Å². The number of Topliss-reactive ketones (excluding diaryl/α,β-unsaturated/α-hetero) is 1. The minimum atomic E-state index is -0.652. The van der Waals surface area contributed by atoms with E-state index >= 15 is 0 Å². The van der Waals surface area contributed by atoms with Crippen LogP contribution < -0.4 is 4.74 Å². The Hall–Kier alpha value is -1.35. The van der Waals surface area contributed by atoms with Crippen molar-refractivity contribution in [3.63, 3.8) is 0 Å². The molecule has 0 amide bonds. The van der Waals surface area contributed by atoms with Crippen molar-refractivity contribution in [3.8, 4) is 5.75 Å². The van der Waals surface area contributed by atoms with E-state index in [-0.39, 0.29) is 17.5 Å². The maximum absolute atomic E-state index is 12.8. The first kappa shape index (κ1) is 10.2. The molecule has 1 aromatic rings. The summed E-state index contributed by atoms with van der Waals surface area (Å²) in [5, 5.41) is 0. The van der Waals surface area contributed by atoms with Crippen LogP contribution in [-0.4, -0.2) is 17.8 Å². The Kier molecular flexibility index (Phi) is 2.73. The molecule has 2 nitrogen and oxygen atoms in total. The van der Waals surface area contributed by atoms with Crippen LogP contribution in [0.15, 0.2) is 24.3 Å². The number of carbonyl (C=O) groups is 1. The zero-order valence-electron chi connectivity index (χ0n) is 7.74. The predicted molar refractivity (Wildman–Crippen MR) is 55.6 cm³/mol. The molecule has 0 saturated heterocycles. The van der Waals surface area contributed by atoms with Gasteiger partial charge in [0.25, 0.3) is 0 Å². The predicted octanol–water partition coefficient (Wildman–Crippen LogP) is 2.41. The lowest BCUT2D eigenvalue weighted by molar-refractivity contribution is -0.121. The number of fused-ring (bicyclic) bond motifs is 1. The smallest absolute Gasteiger partial charge is 0.191 e. The molecule has 1 aliphatic heterocycles. The molecule has 1 heterocycles. The Morgan fingerprint density at radius 3 is 3.07 bits per heavy atom. The number of hydrogen-bond donors (Lipinski definition) is 0. The number of ketones is 1. The second-order valence-corrected chi connectivity index (χ2v) is 3.45. The molecular formula is C11H8ClFO2. The molecule has 0 spiro atoms. The summed E-state index contributed by atoms with van der Waals surface area (Å²) in [7, 11) is 0. The van der Waals surface area contributed by atoms with Gasteiger partial charge >= 0.3 is 0 Å². The fraction of sp³-hybridized carbons (Fsp3) is 0.182. The van der Waals surface area contributed by atoms with Crippen LogP contribution in [-0.2, 0) is 4.79 Å². The van der Waals surface area contributed by atoms with Crippen LogP contribution in [0.4, 0.5) is 4.39 Å². The van der Waals surface area contributed by atoms with E-state index in [1.807, 2.05) is 0 Å². The molecule has 0 bridgehead atoms. The van der Waals surface area contributed by atoms with Crippen molar-refractivity contribution in [2.45, 2.75) is 6.10 Å². The summed E-state index contributed by atoms with van der Waals surface area (Å²) in [5.74, 6) is -0.125. The van der Waals surface area contributed by atoms with Gasteiger partial charge in [-0.05, 0) is 24.3 Å². The van der Waals surface area contributed by atoms with Crippen molar-refractivity contribution in [2.75, 3.05) is 5.88 Å². The number of alkyl halides is 1. The Morgan fingerprint density at radius 2 is 2.33 bits per heavy atom. The first-order chi connectivity index (χ1) is 7.20. The van der Waals surface area contributed by atoms with Crippen LogP contribution in [0.1, 0.15) is 5.56 Å². The van der Waals surface area contributed by atoms with E-state index in [0.29, 0.717) is 11.3 Å². The SMILES string of the molecule is O=C(CCl)[C@H]1C=Cc2cc(F)ccc2O1. The van der Waals surface area contributed by atoms with Gasteiger partial charge in [-0.1, -0.05) is 6.08 Å². The van der Waals surface area contributed by atoms with Crippen molar-refractivity contribution in [3.05, 3.63) is 35.7 Å². The van der Waals surface area contributed by atoms with Crippen molar-refractivity contribution in [1.82, 2.24) is 0 Å². The summed E-state index contributed by atoms with van der Waals surface area (Å²) in [6.45, 7) is 0. The van der Waals surface area contributed by atoms with Crippen molar-refractivity contribution in [2.24, 2.45) is 0 Å².